The molecule has 0 spiro atoms. The number of amides is 1. The van der Waals surface area contributed by atoms with Crippen LogP contribution in [0.25, 0.3) is 0 Å². The zero-order chi connectivity index (χ0) is 16.2. The lowest BCUT2D eigenvalue weighted by molar-refractivity contribution is -0.132. The maximum absolute atomic E-state index is 12.6. The third-order valence-corrected chi connectivity index (χ3v) is 3.98. The van der Waals surface area contributed by atoms with Crippen LogP contribution in [0.15, 0.2) is 30.3 Å². The normalized spacial score (nSPS) is 18.9. The molecule has 120 valence electrons. The van der Waals surface area contributed by atoms with E-state index in [9.17, 15) is 9.59 Å². The van der Waals surface area contributed by atoms with E-state index >= 15 is 0 Å². The van der Waals surface area contributed by atoms with Gasteiger partial charge in [-0.3, -0.25) is 9.69 Å². The molecule has 1 fully saturated rings. The number of rotatable bonds is 3. The topological polar surface area (TPSA) is 46.6 Å². The van der Waals surface area contributed by atoms with Gasteiger partial charge in [0.1, 0.15) is 6.61 Å². The van der Waals surface area contributed by atoms with Gasteiger partial charge in [0.05, 0.1) is 6.04 Å². The number of ether oxygens (including phenoxy) is 1. The van der Waals surface area contributed by atoms with Gasteiger partial charge in [-0.1, -0.05) is 51.1 Å². The van der Waals surface area contributed by atoms with Crippen molar-refractivity contribution in [3.05, 3.63) is 35.9 Å². The number of hydrogen-bond donors (Lipinski definition) is 0. The summed E-state index contributed by atoms with van der Waals surface area (Å²) in [6, 6.07) is 9.24. The SMILES string of the molecule is CC(C)(C)C(=O)[C@H]1CCCCN1C(=O)OCc1ccccc1. The largest absolute Gasteiger partial charge is 0.445 e. The Kier molecular flexibility index (Phi) is 5.22. The van der Waals surface area contributed by atoms with Crippen LogP contribution >= 0.6 is 0 Å². The summed E-state index contributed by atoms with van der Waals surface area (Å²) in [6.45, 7) is 6.54. The fraction of sp³-hybridized carbons (Fsp3) is 0.556. The van der Waals surface area contributed by atoms with E-state index in [1.54, 1.807) is 4.90 Å². The highest BCUT2D eigenvalue weighted by Gasteiger charge is 2.38. The summed E-state index contributed by atoms with van der Waals surface area (Å²) in [5.74, 6) is 0.115. The summed E-state index contributed by atoms with van der Waals surface area (Å²) in [4.78, 5) is 26.5. The van der Waals surface area contributed by atoms with E-state index in [0.29, 0.717) is 6.54 Å². The first-order chi connectivity index (χ1) is 10.4. The fourth-order valence-corrected chi connectivity index (χ4v) is 2.72. The van der Waals surface area contributed by atoms with Crippen LogP contribution in [-0.2, 0) is 16.1 Å². The summed E-state index contributed by atoms with van der Waals surface area (Å²) >= 11 is 0. The van der Waals surface area contributed by atoms with Gasteiger partial charge in [0.25, 0.3) is 0 Å². The Balaban J connectivity index is 2.01. The van der Waals surface area contributed by atoms with Crippen molar-refractivity contribution in [1.82, 2.24) is 4.90 Å². The Morgan fingerprint density at radius 3 is 2.50 bits per heavy atom. The van der Waals surface area contributed by atoms with Crippen molar-refractivity contribution in [3.63, 3.8) is 0 Å². The lowest BCUT2D eigenvalue weighted by Gasteiger charge is -2.36. The van der Waals surface area contributed by atoms with Crippen LogP contribution < -0.4 is 0 Å². The molecule has 1 amide bonds. The molecule has 1 aromatic rings. The molecule has 1 heterocycles. The first-order valence-electron chi connectivity index (χ1n) is 7.91. The predicted octanol–water partition coefficient (Wildman–Crippen LogP) is 3.79. The van der Waals surface area contributed by atoms with Crippen molar-refractivity contribution < 1.29 is 14.3 Å². The van der Waals surface area contributed by atoms with E-state index in [1.165, 1.54) is 0 Å². The number of carbonyl (C=O) groups is 2. The maximum atomic E-state index is 12.6. The number of ketones is 1. The predicted molar refractivity (Wildman–Crippen MR) is 85.4 cm³/mol. The Labute approximate surface area is 132 Å². The summed E-state index contributed by atoms with van der Waals surface area (Å²) < 4.78 is 5.40. The lowest BCUT2D eigenvalue weighted by atomic mass is 9.83. The molecule has 0 N–H and O–H groups in total. The third kappa shape index (κ3) is 4.09. The smallest absolute Gasteiger partial charge is 0.410 e. The summed E-state index contributed by atoms with van der Waals surface area (Å²) in [5, 5.41) is 0. The van der Waals surface area contributed by atoms with E-state index in [4.69, 9.17) is 4.74 Å². The zero-order valence-electron chi connectivity index (χ0n) is 13.7. The summed E-state index contributed by atoms with van der Waals surface area (Å²) in [6.07, 6.45) is 2.26. The van der Waals surface area contributed by atoms with Gasteiger partial charge in [0, 0.05) is 12.0 Å². The second-order valence-corrected chi connectivity index (χ2v) is 6.86. The van der Waals surface area contributed by atoms with Crippen LogP contribution in [0.3, 0.4) is 0 Å². The van der Waals surface area contributed by atoms with E-state index < -0.39 is 5.41 Å². The van der Waals surface area contributed by atoms with Crippen molar-refractivity contribution >= 4 is 11.9 Å². The Morgan fingerprint density at radius 2 is 1.86 bits per heavy atom. The van der Waals surface area contributed by atoms with E-state index in [2.05, 4.69) is 0 Å². The van der Waals surface area contributed by atoms with Crippen molar-refractivity contribution in [2.75, 3.05) is 6.54 Å². The van der Waals surface area contributed by atoms with Crippen molar-refractivity contribution in [1.29, 1.82) is 0 Å². The molecule has 0 radical (unpaired) electrons. The number of hydrogen-bond acceptors (Lipinski definition) is 3. The molecule has 4 nitrogen and oxygen atoms in total. The highest BCUT2D eigenvalue weighted by atomic mass is 16.6. The number of nitrogens with zero attached hydrogens (tertiary/aromatic N) is 1. The van der Waals surface area contributed by atoms with Crippen LogP contribution in [0, 0.1) is 5.41 Å². The quantitative estimate of drug-likeness (QED) is 0.853. The molecule has 1 aromatic carbocycles. The van der Waals surface area contributed by atoms with E-state index in [1.807, 2.05) is 51.1 Å². The first kappa shape index (κ1) is 16.5. The van der Waals surface area contributed by atoms with Crippen molar-refractivity contribution in [2.24, 2.45) is 5.41 Å². The Morgan fingerprint density at radius 1 is 1.18 bits per heavy atom. The molecule has 2 rings (SSSR count). The summed E-state index contributed by atoms with van der Waals surface area (Å²) in [5.41, 5.74) is 0.506. The minimum atomic E-state index is -0.444. The molecule has 0 saturated carbocycles. The standard InChI is InChI=1S/C18H25NO3/c1-18(2,3)16(20)15-11-7-8-12-19(15)17(21)22-13-14-9-5-4-6-10-14/h4-6,9-10,15H,7-8,11-13H2,1-3H3/t15-/m1/s1. The third-order valence-electron chi connectivity index (χ3n) is 3.98. The number of Topliss-reactive ketones (excluding diaryl/α,β-unsaturated/α-hetero) is 1. The molecule has 1 aliphatic heterocycles. The summed E-state index contributed by atoms with van der Waals surface area (Å²) in [7, 11) is 0. The van der Waals surface area contributed by atoms with Gasteiger partial charge >= 0.3 is 6.09 Å². The monoisotopic (exact) mass is 303 g/mol. The lowest BCUT2D eigenvalue weighted by Crippen LogP contribution is -2.51. The van der Waals surface area contributed by atoms with Gasteiger partial charge < -0.3 is 4.74 Å². The van der Waals surface area contributed by atoms with Crippen LogP contribution in [0.1, 0.15) is 45.6 Å². The molecule has 0 bridgehead atoms. The molecule has 0 unspecified atom stereocenters. The molecular weight excluding hydrogens is 278 g/mol. The molecule has 22 heavy (non-hydrogen) atoms. The Bertz CT molecular complexity index is 519. The average molecular weight is 303 g/mol. The molecule has 0 aliphatic carbocycles. The van der Waals surface area contributed by atoms with Crippen LogP contribution in [0.4, 0.5) is 4.79 Å². The number of likely N-dealkylation sites (tertiary alicyclic amines) is 1. The van der Waals surface area contributed by atoms with Crippen LogP contribution in [0.5, 0.6) is 0 Å². The minimum Gasteiger partial charge on any atom is -0.445 e. The fourth-order valence-electron chi connectivity index (χ4n) is 2.72. The molecule has 1 atom stereocenters. The molecular formula is C18H25NO3. The van der Waals surface area contributed by atoms with Gasteiger partial charge in [-0.15, -0.1) is 0 Å². The Hall–Kier alpha value is -1.84. The number of piperidine rings is 1. The average Bonchev–Trinajstić information content (AvgIpc) is 2.52. The van der Waals surface area contributed by atoms with E-state index in [0.717, 1.165) is 24.8 Å². The maximum Gasteiger partial charge on any atom is 0.410 e. The second-order valence-electron chi connectivity index (χ2n) is 6.86. The van der Waals surface area contributed by atoms with E-state index in [-0.39, 0.29) is 24.5 Å². The van der Waals surface area contributed by atoms with Crippen molar-refractivity contribution in [2.45, 2.75) is 52.7 Å². The molecule has 1 saturated heterocycles. The van der Waals surface area contributed by atoms with Gasteiger partial charge in [0.15, 0.2) is 5.78 Å². The molecule has 4 heteroatoms. The van der Waals surface area contributed by atoms with Gasteiger partial charge in [-0.05, 0) is 24.8 Å². The minimum absolute atomic E-state index is 0.115. The molecule has 0 aromatic heterocycles. The van der Waals surface area contributed by atoms with Gasteiger partial charge in [-0.25, -0.2) is 4.79 Å². The highest BCUT2D eigenvalue weighted by molar-refractivity contribution is 5.91. The zero-order valence-corrected chi connectivity index (χ0v) is 13.7. The number of benzene rings is 1. The van der Waals surface area contributed by atoms with Crippen LogP contribution in [-0.4, -0.2) is 29.4 Å². The van der Waals surface area contributed by atoms with Gasteiger partial charge in [-0.2, -0.15) is 0 Å². The van der Waals surface area contributed by atoms with Gasteiger partial charge in [0.2, 0.25) is 0 Å². The number of carbonyl (C=O) groups excluding carboxylic acids is 2. The molecule has 1 aliphatic rings. The second kappa shape index (κ2) is 6.95. The van der Waals surface area contributed by atoms with Crippen molar-refractivity contribution in [3.8, 4) is 0 Å². The highest BCUT2D eigenvalue weighted by Crippen LogP contribution is 2.26. The van der Waals surface area contributed by atoms with Crippen LogP contribution in [0.2, 0.25) is 0 Å². The first-order valence-corrected chi connectivity index (χ1v) is 7.91.